The van der Waals surface area contributed by atoms with E-state index in [1.165, 1.54) is 5.56 Å². The Hall–Kier alpha value is -0.490. The van der Waals surface area contributed by atoms with Crippen molar-refractivity contribution >= 4 is 11.6 Å². The summed E-state index contributed by atoms with van der Waals surface area (Å²) in [7, 11) is 0. The predicted molar refractivity (Wildman–Crippen MR) is 49.6 cm³/mol. The van der Waals surface area contributed by atoms with Gasteiger partial charge in [-0.15, -0.1) is 0 Å². The van der Waals surface area contributed by atoms with Crippen molar-refractivity contribution in [2.45, 2.75) is 12.8 Å². The summed E-state index contributed by atoms with van der Waals surface area (Å²) in [6, 6.07) is 6.00. The van der Waals surface area contributed by atoms with Gasteiger partial charge in [0, 0.05) is 5.02 Å². The summed E-state index contributed by atoms with van der Waals surface area (Å²) in [6.45, 7) is 7.55. The lowest BCUT2D eigenvalue weighted by atomic mass is 10.1. The summed E-state index contributed by atoms with van der Waals surface area (Å²) in [4.78, 5) is 0. The van der Waals surface area contributed by atoms with Crippen molar-refractivity contribution in [3.63, 3.8) is 0 Å². The van der Waals surface area contributed by atoms with Gasteiger partial charge in [0.05, 0.1) is 0 Å². The molecule has 1 aromatic carbocycles. The van der Waals surface area contributed by atoms with Crippen molar-refractivity contribution in [1.29, 1.82) is 0 Å². The quantitative estimate of drug-likeness (QED) is 0.634. The van der Waals surface area contributed by atoms with Gasteiger partial charge in [-0.1, -0.05) is 23.7 Å². The number of hydrogen-bond donors (Lipinski definition) is 0. The molecule has 0 nitrogen and oxygen atoms in total. The molecule has 0 aliphatic rings. The number of halogens is 1. The van der Waals surface area contributed by atoms with Gasteiger partial charge in [-0.05, 0) is 43.9 Å². The van der Waals surface area contributed by atoms with E-state index in [1.807, 2.05) is 18.2 Å². The molecule has 2 radical (unpaired) electrons. The van der Waals surface area contributed by atoms with Crippen molar-refractivity contribution < 1.29 is 0 Å². The molecular weight excluding hydrogens is 156 g/mol. The van der Waals surface area contributed by atoms with E-state index in [9.17, 15) is 0 Å². The second-order valence-corrected chi connectivity index (χ2v) is 2.83. The van der Waals surface area contributed by atoms with E-state index in [0.717, 1.165) is 23.4 Å². The molecule has 11 heavy (non-hydrogen) atoms. The maximum absolute atomic E-state index is 5.94. The Morgan fingerprint density at radius 1 is 1.18 bits per heavy atom. The normalized spacial score (nSPS) is 10.1. The molecule has 58 valence electrons. The molecule has 0 bridgehead atoms. The lowest BCUT2D eigenvalue weighted by molar-refractivity contribution is 1.22. The zero-order chi connectivity index (χ0) is 8.27. The molecule has 0 saturated carbocycles. The van der Waals surface area contributed by atoms with Crippen LogP contribution in [0.3, 0.4) is 0 Å². The van der Waals surface area contributed by atoms with Gasteiger partial charge in [-0.3, -0.25) is 0 Å². The van der Waals surface area contributed by atoms with Gasteiger partial charge < -0.3 is 0 Å². The molecule has 0 atom stereocenters. The zero-order valence-electron chi connectivity index (χ0n) is 6.44. The Balaban J connectivity index is 2.99. The molecule has 0 aromatic heterocycles. The number of hydrogen-bond acceptors (Lipinski definition) is 0. The second kappa shape index (κ2) is 3.77. The molecule has 0 amide bonds. The highest BCUT2D eigenvalue weighted by molar-refractivity contribution is 6.31. The third-order valence-corrected chi connectivity index (χ3v) is 2.03. The maximum Gasteiger partial charge on any atom is 0.0440 e. The van der Waals surface area contributed by atoms with Gasteiger partial charge in [0.15, 0.2) is 0 Å². The highest BCUT2D eigenvalue weighted by Crippen LogP contribution is 2.18. The van der Waals surface area contributed by atoms with E-state index in [1.54, 1.807) is 0 Å². The smallest absolute Gasteiger partial charge is 0.0440 e. The van der Waals surface area contributed by atoms with Crippen molar-refractivity contribution in [2.24, 2.45) is 0 Å². The predicted octanol–water partition coefficient (Wildman–Crippen LogP) is 3.09. The molecule has 1 heteroatoms. The van der Waals surface area contributed by atoms with Crippen LogP contribution in [-0.4, -0.2) is 0 Å². The van der Waals surface area contributed by atoms with Crippen molar-refractivity contribution in [3.05, 3.63) is 48.2 Å². The number of benzene rings is 1. The van der Waals surface area contributed by atoms with Gasteiger partial charge in [-0.25, -0.2) is 0 Å². The minimum atomic E-state index is 0.746. The molecule has 1 aromatic rings. The lowest BCUT2D eigenvalue weighted by Gasteiger charge is -2.02. The second-order valence-electron chi connectivity index (χ2n) is 2.43. The first-order valence-corrected chi connectivity index (χ1v) is 4.01. The lowest BCUT2D eigenvalue weighted by Crippen LogP contribution is -1.85. The Morgan fingerprint density at radius 2 is 1.91 bits per heavy atom. The largest absolute Gasteiger partial charge is 0.0840 e. The fourth-order valence-electron chi connectivity index (χ4n) is 0.949. The molecule has 0 saturated heterocycles. The molecule has 0 aliphatic carbocycles. The van der Waals surface area contributed by atoms with Crippen molar-refractivity contribution in [1.82, 2.24) is 0 Å². The van der Waals surface area contributed by atoms with Crippen molar-refractivity contribution in [3.8, 4) is 0 Å². The average molecular weight is 167 g/mol. The molecule has 0 spiro atoms. The van der Waals surface area contributed by atoms with Crippen LogP contribution in [0.5, 0.6) is 0 Å². The Labute approximate surface area is 73.2 Å². The molecule has 0 fully saturated rings. The van der Waals surface area contributed by atoms with Gasteiger partial charge in [-0.2, -0.15) is 0 Å². The molecule has 0 heterocycles. The first-order chi connectivity index (χ1) is 5.27. The minimum absolute atomic E-state index is 0.746. The van der Waals surface area contributed by atoms with Gasteiger partial charge in [0.25, 0.3) is 0 Å². The standard InChI is InChI=1S/C10H11Cl/c1-3-8-5-6-9(4-2)10(11)7-8/h5-7H,1-4H2. The van der Waals surface area contributed by atoms with Crippen LogP contribution in [0, 0.1) is 13.8 Å². The summed E-state index contributed by atoms with van der Waals surface area (Å²) in [5.41, 5.74) is 2.27. The molecule has 1 rings (SSSR count). The van der Waals surface area contributed by atoms with Crippen molar-refractivity contribution in [2.75, 3.05) is 0 Å². The van der Waals surface area contributed by atoms with E-state index >= 15 is 0 Å². The Bertz CT molecular complexity index is 241. The van der Waals surface area contributed by atoms with Crippen LogP contribution in [0.25, 0.3) is 0 Å². The third-order valence-electron chi connectivity index (χ3n) is 1.68. The minimum Gasteiger partial charge on any atom is -0.0840 e. The van der Waals surface area contributed by atoms with Crippen LogP contribution in [0.15, 0.2) is 18.2 Å². The monoisotopic (exact) mass is 166 g/mol. The Morgan fingerprint density at radius 3 is 2.36 bits per heavy atom. The van der Waals surface area contributed by atoms with Crippen LogP contribution in [0.4, 0.5) is 0 Å². The first-order valence-electron chi connectivity index (χ1n) is 3.63. The van der Waals surface area contributed by atoms with Crippen LogP contribution < -0.4 is 0 Å². The SMILES string of the molecule is [CH2]Cc1ccc(C[CH2])c(Cl)c1. The van der Waals surface area contributed by atoms with Crippen LogP contribution in [0.1, 0.15) is 11.1 Å². The van der Waals surface area contributed by atoms with E-state index in [-0.39, 0.29) is 0 Å². The van der Waals surface area contributed by atoms with E-state index in [0.29, 0.717) is 0 Å². The van der Waals surface area contributed by atoms with Crippen LogP contribution >= 0.6 is 11.6 Å². The van der Waals surface area contributed by atoms with Gasteiger partial charge >= 0.3 is 0 Å². The molecule has 0 unspecified atom stereocenters. The molecule has 0 aliphatic heterocycles. The summed E-state index contributed by atoms with van der Waals surface area (Å²) < 4.78 is 0. The molecule has 0 N–H and O–H groups in total. The zero-order valence-corrected chi connectivity index (χ0v) is 7.19. The van der Waals surface area contributed by atoms with E-state index < -0.39 is 0 Å². The fourth-order valence-corrected chi connectivity index (χ4v) is 1.25. The first kappa shape index (κ1) is 8.61. The molecular formula is C10H11Cl. The Kier molecular flexibility index (Phi) is 2.95. The van der Waals surface area contributed by atoms with Gasteiger partial charge in [0.1, 0.15) is 0 Å². The number of rotatable bonds is 2. The summed E-state index contributed by atoms with van der Waals surface area (Å²) in [5, 5.41) is 0.807. The maximum atomic E-state index is 5.94. The topological polar surface area (TPSA) is 0 Å². The summed E-state index contributed by atoms with van der Waals surface area (Å²) in [6.07, 6.45) is 1.54. The van der Waals surface area contributed by atoms with Crippen LogP contribution in [0.2, 0.25) is 5.02 Å². The van der Waals surface area contributed by atoms with Crippen LogP contribution in [-0.2, 0) is 12.8 Å². The highest BCUT2D eigenvalue weighted by Gasteiger charge is 1.97. The summed E-state index contributed by atoms with van der Waals surface area (Å²) >= 11 is 5.94. The highest BCUT2D eigenvalue weighted by atomic mass is 35.5. The summed E-state index contributed by atoms with van der Waals surface area (Å²) in [5.74, 6) is 0. The van der Waals surface area contributed by atoms with E-state index in [4.69, 9.17) is 11.6 Å². The third kappa shape index (κ3) is 1.97. The van der Waals surface area contributed by atoms with Gasteiger partial charge in [0.2, 0.25) is 0 Å². The fraction of sp³-hybridized carbons (Fsp3) is 0.200. The van der Waals surface area contributed by atoms with E-state index in [2.05, 4.69) is 13.8 Å². The average Bonchev–Trinajstić information content (AvgIpc) is 2.04.